The minimum Gasteiger partial charge on any atom is -0.465 e. The number of aromatic nitrogens is 1. The maximum atomic E-state index is 13.8. The average molecular weight is 493 g/mol. The lowest BCUT2D eigenvalue weighted by Crippen LogP contribution is -2.25. The second-order valence-corrected chi connectivity index (χ2v) is 10.4. The number of hydrogen-bond acceptors (Lipinski definition) is 6. The quantitative estimate of drug-likeness (QED) is 0.234. The normalized spacial score (nSPS) is 11.4. The average Bonchev–Trinajstić information content (AvgIpc) is 2.88. The number of benzene rings is 3. The molecule has 3 aromatic carbocycles. The minimum absolute atomic E-state index is 0.0212. The lowest BCUT2D eigenvalue weighted by molar-refractivity contribution is 0.0599. The Hall–Kier alpha value is -3.36. The lowest BCUT2D eigenvalue weighted by Gasteiger charge is -2.23. The number of rotatable bonds is 8. The van der Waals surface area contributed by atoms with Gasteiger partial charge in [0.2, 0.25) is 0 Å². The summed E-state index contributed by atoms with van der Waals surface area (Å²) >= 11 is 1.13. The van der Waals surface area contributed by atoms with Crippen molar-refractivity contribution < 1.29 is 17.9 Å². The number of para-hydroxylation sites is 2. The number of nitrogens with zero attached hydrogens (tertiary/aromatic N) is 2. The van der Waals surface area contributed by atoms with Gasteiger partial charge in [-0.15, -0.1) is 0 Å². The van der Waals surface area contributed by atoms with Crippen LogP contribution in [0, 0.1) is 0 Å². The van der Waals surface area contributed by atoms with Crippen LogP contribution in [0.3, 0.4) is 0 Å². The Labute approximate surface area is 203 Å². The Balaban J connectivity index is 1.71. The van der Waals surface area contributed by atoms with Crippen LogP contribution in [-0.2, 0) is 26.9 Å². The van der Waals surface area contributed by atoms with Gasteiger partial charge in [-0.3, -0.25) is 4.98 Å². The third kappa shape index (κ3) is 4.93. The first-order valence-corrected chi connectivity index (χ1v) is 13.1. The highest BCUT2D eigenvalue weighted by molar-refractivity contribution is 8.14. The summed E-state index contributed by atoms with van der Waals surface area (Å²) in [5.41, 5.74) is 3.10. The van der Waals surface area contributed by atoms with Crippen LogP contribution in [0.4, 0.5) is 5.69 Å². The van der Waals surface area contributed by atoms with E-state index in [2.05, 4.69) is 4.98 Å². The number of esters is 1. The van der Waals surface area contributed by atoms with Crippen molar-refractivity contribution in [3.05, 3.63) is 102 Å². The Bertz CT molecular complexity index is 1420. The number of carbonyl (C=O) groups excluding carboxylic acids is 1. The molecule has 0 fully saturated rings. The highest BCUT2D eigenvalue weighted by Gasteiger charge is 2.28. The van der Waals surface area contributed by atoms with Gasteiger partial charge in [0, 0.05) is 5.39 Å². The zero-order chi connectivity index (χ0) is 24.1. The standard InChI is InChI=1S/C26H24N2O4S2/c1-3-19-14-16-23(17-24(19)26(29)32-2)34(30,31)28(22-10-5-4-6-11-22)33-18-21-15-13-20-9-7-8-12-25(20)27-21/h4-17H,3,18H2,1-2H3. The predicted octanol–water partition coefficient (Wildman–Crippen LogP) is 5.63. The Kier molecular flexibility index (Phi) is 7.19. The zero-order valence-electron chi connectivity index (χ0n) is 18.8. The molecular formula is C26H24N2O4S2. The summed E-state index contributed by atoms with van der Waals surface area (Å²) in [5.74, 6) is -0.219. The molecule has 0 saturated heterocycles. The van der Waals surface area contributed by atoms with E-state index in [4.69, 9.17) is 4.74 Å². The molecule has 34 heavy (non-hydrogen) atoms. The molecule has 0 aliphatic rings. The molecule has 0 saturated carbocycles. The molecule has 0 aliphatic heterocycles. The molecular weight excluding hydrogens is 468 g/mol. The van der Waals surface area contributed by atoms with Gasteiger partial charge in [0.1, 0.15) is 0 Å². The van der Waals surface area contributed by atoms with Crippen molar-refractivity contribution in [2.75, 3.05) is 10.8 Å². The summed E-state index contributed by atoms with van der Waals surface area (Å²) in [6.45, 7) is 1.90. The number of fused-ring (bicyclic) bond motifs is 1. The molecule has 6 nitrogen and oxygen atoms in total. The van der Waals surface area contributed by atoms with Crippen molar-refractivity contribution >= 4 is 44.5 Å². The fourth-order valence-corrected chi connectivity index (χ4v) is 6.32. The van der Waals surface area contributed by atoms with E-state index in [1.165, 1.54) is 23.0 Å². The van der Waals surface area contributed by atoms with Gasteiger partial charge in [-0.1, -0.05) is 55.5 Å². The molecule has 4 rings (SSSR count). The lowest BCUT2D eigenvalue weighted by atomic mass is 10.1. The fraction of sp³-hybridized carbons (Fsp3) is 0.154. The van der Waals surface area contributed by atoms with Crippen molar-refractivity contribution in [2.45, 2.75) is 24.0 Å². The van der Waals surface area contributed by atoms with Gasteiger partial charge >= 0.3 is 5.97 Å². The number of hydrogen-bond donors (Lipinski definition) is 0. The largest absolute Gasteiger partial charge is 0.465 e. The molecule has 1 aromatic heterocycles. The van der Waals surface area contributed by atoms with Gasteiger partial charge in [-0.2, -0.15) is 0 Å². The molecule has 8 heteroatoms. The molecule has 174 valence electrons. The highest BCUT2D eigenvalue weighted by Crippen LogP contribution is 2.33. The number of anilines is 1. The smallest absolute Gasteiger partial charge is 0.338 e. The molecule has 4 aromatic rings. The van der Waals surface area contributed by atoms with Crippen molar-refractivity contribution in [3.63, 3.8) is 0 Å². The first kappa shape index (κ1) is 23.8. The summed E-state index contributed by atoms with van der Waals surface area (Å²) in [6, 6.07) is 25.1. The monoisotopic (exact) mass is 492 g/mol. The number of sulfonamides is 1. The van der Waals surface area contributed by atoms with E-state index in [1.54, 1.807) is 30.3 Å². The third-order valence-electron chi connectivity index (χ3n) is 5.34. The van der Waals surface area contributed by atoms with Crippen LogP contribution in [0.2, 0.25) is 0 Å². The second kappa shape index (κ2) is 10.3. The summed E-state index contributed by atoms with van der Waals surface area (Å²) < 4.78 is 33.7. The van der Waals surface area contributed by atoms with Gasteiger partial charge in [0.15, 0.2) is 0 Å². The highest BCUT2D eigenvalue weighted by atomic mass is 32.3. The Morgan fingerprint density at radius 2 is 1.71 bits per heavy atom. The zero-order valence-corrected chi connectivity index (χ0v) is 20.5. The molecule has 0 bridgehead atoms. The van der Waals surface area contributed by atoms with Crippen molar-refractivity contribution in [2.24, 2.45) is 0 Å². The van der Waals surface area contributed by atoms with Gasteiger partial charge in [0.25, 0.3) is 10.0 Å². The topological polar surface area (TPSA) is 76.6 Å². The number of pyridine rings is 1. The number of methoxy groups -OCH3 is 1. The van der Waals surface area contributed by atoms with Crippen LogP contribution in [0.5, 0.6) is 0 Å². The molecule has 0 radical (unpaired) electrons. The Morgan fingerprint density at radius 3 is 2.44 bits per heavy atom. The van der Waals surface area contributed by atoms with Gasteiger partial charge in [0.05, 0.1) is 40.2 Å². The van der Waals surface area contributed by atoms with E-state index < -0.39 is 16.0 Å². The number of aryl methyl sites for hydroxylation is 1. The molecule has 0 aliphatic carbocycles. The predicted molar refractivity (Wildman–Crippen MR) is 136 cm³/mol. The van der Waals surface area contributed by atoms with Crippen LogP contribution in [-0.4, -0.2) is 26.5 Å². The van der Waals surface area contributed by atoms with E-state index in [1.807, 2.05) is 49.4 Å². The fourth-order valence-electron chi connectivity index (χ4n) is 3.57. The molecule has 0 atom stereocenters. The molecule has 0 amide bonds. The maximum absolute atomic E-state index is 13.8. The van der Waals surface area contributed by atoms with E-state index in [0.717, 1.165) is 34.1 Å². The van der Waals surface area contributed by atoms with E-state index in [-0.39, 0.29) is 10.5 Å². The molecule has 0 unspecified atom stereocenters. The second-order valence-electron chi connectivity index (χ2n) is 7.50. The number of ether oxygens (including phenoxy) is 1. The van der Waals surface area contributed by atoms with Crippen LogP contribution in [0.15, 0.2) is 89.8 Å². The molecule has 0 N–H and O–H groups in total. The number of carbonyl (C=O) groups is 1. The minimum atomic E-state index is -4.00. The van der Waals surface area contributed by atoms with Crippen LogP contribution in [0.1, 0.15) is 28.5 Å². The SMILES string of the molecule is CCc1ccc(S(=O)(=O)N(SCc2ccc3ccccc3n2)c2ccccc2)cc1C(=O)OC. The van der Waals surface area contributed by atoms with Crippen LogP contribution >= 0.6 is 11.9 Å². The maximum Gasteiger partial charge on any atom is 0.338 e. The molecule has 1 heterocycles. The van der Waals surface area contributed by atoms with E-state index >= 15 is 0 Å². The summed E-state index contributed by atoms with van der Waals surface area (Å²) in [5, 5.41) is 1.02. The van der Waals surface area contributed by atoms with Crippen LogP contribution < -0.4 is 3.71 Å². The molecule has 0 spiro atoms. The third-order valence-corrected chi connectivity index (χ3v) is 8.61. The first-order chi connectivity index (χ1) is 16.4. The van der Waals surface area contributed by atoms with Gasteiger partial charge in [-0.25, -0.2) is 16.9 Å². The first-order valence-electron chi connectivity index (χ1n) is 10.7. The summed E-state index contributed by atoms with van der Waals surface area (Å²) in [6.07, 6.45) is 0.579. The summed E-state index contributed by atoms with van der Waals surface area (Å²) in [7, 11) is -2.71. The van der Waals surface area contributed by atoms with Gasteiger partial charge in [-0.05, 0) is 60.3 Å². The van der Waals surface area contributed by atoms with Crippen molar-refractivity contribution in [1.82, 2.24) is 4.98 Å². The Morgan fingerprint density at radius 1 is 0.971 bits per heavy atom. The van der Waals surface area contributed by atoms with Crippen molar-refractivity contribution in [1.29, 1.82) is 0 Å². The van der Waals surface area contributed by atoms with Crippen molar-refractivity contribution in [3.8, 4) is 0 Å². The van der Waals surface area contributed by atoms with E-state index in [9.17, 15) is 13.2 Å². The van der Waals surface area contributed by atoms with Gasteiger partial charge < -0.3 is 4.74 Å². The van der Waals surface area contributed by atoms with Crippen LogP contribution in [0.25, 0.3) is 10.9 Å². The summed E-state index contributed by atoms with van der Waals surface area (Å²) in [4.78, 5) is 17.0. The van der Waals surface area contributed by atoms with E-state index in [0.29, 0.717) is 17.9 Å².